The van der Waals surface area contributed by atoms with Crippen LogP contribution in [-0.2, 0) is 6.18 Å². The van der Waals surface area contributed by atoms with Crippen molar-refractivity contribution >= 4 is 21.6 Å². The van der Waals surface area contributed by atoms with E-state index in [1.54, 1.807) is 18.4 Å². The lowest BCUT2D eigenvalue weighted by atomic mass is 10.1. The first-order valence-electron chi connectivity index (χ1n) is 5.52. The molecule has 2 rings (SSSR count). The lowest BCUT2D eigenvalue weighted by molar-refractivity contribution is -0.137. The summed E-state index contributed by atoms with van der Waals surface area (Å²) < 4.78 is 43.4. The highest BCUT2D eigenvalue weighted by Crippen LogP contribution is 2.34. The number of alkyl halides is 3. The van der Waals surface area contributed by atoms with Crippen LogP contribution in [0, 0.1) is 0 Å². The van der Waals surface area contributed by atoms with Crippen LogP contribution in [0.5, 0.6) is 0 Å². The summed E-state index contributed by atoms with van der Waals surface area (Å²) >= 11 is 3.09. The minimum absolute atomic E-state index is 0.144. The van der Waals surface area contributed by atoms with Crippen LogP contribution in [0.3, 0.4) is 0 Å². The van der Waals surface area contributed by atoms with Gasteiger partial charge in [0.2, 0.25) is 0 Å². The molecule has 1 aromatic heterocycles. The summed E-state index contributed by atoms with van der Waals surface area (Å²) in [5.41, 5.74) is 0.577. The average molecular weight is 334 g/mol. The molecule has 102 valence electrons. The Morgan fingerprint density at radius 2 is 2.00 bits per heavy atom. The molecule has 1 heterocycles. The first-order valence-corrected chi connectivity index (χ1v) is 6.32. The summed E-state index contributed by atoms with van der Waals surface area (Å²) in [4.78, 5) is 0. The first kappa shape index (κ1) is 14.0. The van der Waals surface area contributed by atoms with E-state index in [2.05, 4.69) is 21.2 Å². The van der Waals surface area contributed by atoms with Crippen LogP contribution in [-0.4, -0.2) is 0 Å². The smallest absolute Gasteiger partial charge is 0.416 e. The zero-order chi connectivity index (χ0) is 14.0. The molecule has 2 nitrogen and oxygen atoms in total. The normalized spacial score (nSPS) is 13.3. The minimum Gasteiger partial charge on any atom is -0.472 e. The summed E-state index contributed by atoms with van der Waals surface area (Å²) in [5, 5.41) is 3.01. The minimum atomic E-state index is -4.36. The Labute approximate surface area is 116 Å². The Kier molecular flexibility index (Phi) is 3.89. The van der Waals surface area contributed by atoms with Gasteiger partial charge in [-0.1, -0.05) is 15.9 Å². The average Bonchev–Trinajstić information content (AvgIpc) is 2.80. The van der Waals surface area contributed by atoms with Crippen LogP contribution in [0.2, 0.25) is 0 Å². The third kappa shape index (κ3) is 3.53. The Morgan fingerprint density at radius 3 is 2.58 bits per heavy atom. The first-order chi connectivity index (χ1) is 8.86. The fraction of sp³-hybridized carbons (Fsp3) is 0.231. The Balaban J connectivity index is 2.23. The van der Waals surface area contributed by atoms with Gasteiger partial charge >= 0.3 is 6.18 Å². The van der Waals surface area contributed by atoms with E-state index in [9.17, 15) is 13.2 Å². The van der Waals surface area contributed by atoms with Crippen molar-refractivity contribution in [2.24, 2.45) is 0 Å². The second kappa shape index (κ2) is 5.28. The van der Waals surface area contributed by atoms with Gasteiger partial charge in [0.25, 0.3) is 0 Å². The summed E-state index contributed by atoms with van der Waals surface area (Å²) in [6, 6.07) is 5.36. The van der Waals surface area contributed by atoms with Gasteiger partial charge in [-0.3, -0.25) is 0 Å². The number of furan rings is 1. The van der Waals surface area contributed by atoms with E-state index in [1.165, 1.54) is 6.26 Å². The molecule has 0 spiro atoms. The third-order valence-electron chi connectivity index (χ3n) is 2.65. The zero-order valence-electron chi connectivity index (χ0n) is 9.96. The number of hydrogen-bond donors (Lipinski definition) is 1. The Hall–Kier alpha value is -1.43. The van der Waals surface area contributed by atoms with Crippen molar-refractivity contribution in [3.63, 3.8) is 0 Å². The highest BCUT2D eigenvalue weighted by Gasteiger charge is 2.31. The molecule has 0 saturated heterocycles. The molecule has 6 heteroatoms. The van der Waals surface area contributed by atoms with Crippen LogP contribution in [0.15, 0.2) is 45.7 Å². The van der Waals surface area contributed by atoms with E-state index in [1.807, 2.05) is 6.92 Å². The monoisotopic (exact) mass is 333 g/mol. The van der Waals surface area contributed by atoms with Crippen LogP contribution in [0.25, 0.3) is 0 Å². The SMILES string of the molecule is CC(Nc1cc(Br)cc(C(F)(F)F)c1)c1ccoc1. The molecule has 1 aromatic carbocycles. The third-order valence-corrected chi connectivity index (χ3v) is 3.11. The molecule has 1 atom stereocenters. The van der Waals surface area contributed by atoms with Gasteiger partial charge in [-0.25, -0.2) is 0 Å². The van der Waals surface area contributed by atoms with Gasteiger partial charge < -0.3 is 9.73 Å². The summed E-state index contributed by atoms with van der Waals surface area (Å²) in [6.07, 6.45) is -1.28. The number of hydrogen-bond acceptors (Lipinski definition) is 2. The van der Waals surface area contributed by atoms with Crippen molar-refractivity contribution in [1.82, 2.24) is 0 Å². The predicted octanol–water partition coefficient (Wildman–Crippen LogP) is 5.23. The molecule has 1 N–H and O–H groups in total. The van der Waals surface area contributed by atoms with Gasteiger partial charge in [0.15, 0.2) is 0 Å². The van der Waals surface area contributed by atoms with E-state index in [0.29, 0.717) is 10.2 Å². The van der Waals surface area contributed by atoms with Gasteiger partial charge in [-0.15, -0.1) is 0 Å². The number of rotatable bonds is 3. The van der Waals surface area contributed by atoms with Crippen molar-refractivity contribution in [2.75, 3.05) is 5.32 Å². The molecular weight excluding hydrogens is 323 g/mol. The van der Waals surface area contributed by atoms with E-state index < -0.39 is 11.7 Å². The summed E-state index contributed by atoms with van der Waals surface area (Å²) in [5.74, 6) is 0. The summed E-state index contributed by atoms with van der Waals surface area (Å²) in [6.45, 7) is 1.85. The largest absolute Gasteiger partial charge is 0.472 e. The molecule has 0 aliphatic heterocycles. The molecular formula is C13H11BrF3NO. The molecule has 2 aromatic rings. The van der Waals surface area contributed by atoms with Crippen LogP contribution < -0.4 is 5.32 Å². The van der Waals surface area contributed by atoms with E-state index in [4.69, 9.17) is 4.42 Å². The number of anilines is 1. The number of benzene rings is 1. The fourth-order valence-corrected chi connectivity index (χ4v) is 2.18. The second-order valence-corrected chi connectivity index (χ2v) is 5.06. The fourth-order valence-electron chi connectivity index (χ4n) is 1.69. The Morgan fingerprint density at radius 1 is 1.26 bits per heavy atom. The van der Waals surface area contributed by atoms with Crippen molar-refractivity contribution in [3.05, 3.63) is 52.4 Å². The maximum atomic E-state index is 12.7. The topological polar surface area (TPSA) is 25.2 Å². The van der Waals surface area contributed by atoms with Crippen LogP contribution in [0.1, 0.15) is 24.1 Å². The maximum absolute atomic E-state index is 12.7. The molecule has 0 radical (unpaired) electrons. The van der Waals surface area contributed by atoms with Gasteiger partial charge in [-0.05, 0) is 31.2 Å². The molecule has 19 heavy (non-hydrogen) atoms. The second-order valence-electron chi connectivity index (χ2n) is 4.15. The maximum Gasteiger partial charge on any atom is 0.416 e. The van der Waals surface area contributed by atoms with Gasteiger partial charge in [-0.2, -0.15) is 13.2 Å². The molecule has 0 bridgehead atoms. The highest BCUT2D eigenvalue weighted by atomic mass is 79.9. The van der Waals surface area contributed by atoms with E-state index in [-0.39, 0.29) is 6.04 Å². The summed E-state index contributed by atoms with van der Waals surface area (Å²) in [7, 11) is 0. The lowest BCUT2D eigenvalue weighted by Gasteiger charge is -2.16. The van der Waals surface area contributed by atoms with Crippen molar-refractivity contribution in [3.8, 4) is 0 Å². The zero-order valence-corrected chi connectivity index (χ0v) is 11.5. The van der Waals surface area contributed by atoms with E-state index in [0.717, 1.165) is 17.7 Å². The van der Waals surface area contributed by atoms with Crippen molar-refractivity contribution in [2.45, 2.75) is 19.1 Å². The molecule has 0 aliphatic carbocycles. The van der Waals surface area contributed by atoms with E-state index >= 15 is 0 Å². The molecule has 0 aliphatic rings. The standard InChI is InChI=1S/C13H11BrF3NO/c1-8(9-2-3-19-7-9)18-12-5-10(13(15,16)17)4-11(14)6-12/h2-8,18H,1H3. The van der Waals surface area contributed by atoms with Crippen LogP contribution in [0.4, 0.5) is 18.9 Å². The van der Waals surface area contributed by atoms with Crippen molar-refractivity contribution < 1.29 is 17.6 Å². The van der Waals surface area contributed by atoms with Crippen LogP contribution >= 0.6 is 15.9 Å². The van der Waals surface area contributed by atoms with Gasteiger partial charge in [0.1, 0.15) is 0 Å². The molecule has 0 saturated carbocycles. The molecule has 0 fully saturated rings. The molecule has 0 amide bonds. The Bertz CT molecular complexity index is 552. The van der Waals surface area contributed by atoms with Crippen molar-refractivity contribution in [1.29, 1.82) is 0 Å². The quantitative estimate of drug-likeness (QED) is 0.831. The highest BCUT2D eigenvalue weighted by molar-refractivity contribution is 9.10. The number of nitrogens with one attached hydrogen (secondary N) is 1. The van der Waals surface area contributed by atoms with Gasteiger partial charge in [0, 0.05) is 15.7 Å². The number of halogens is 4. The van der Waals surface area contributed by atoms with Gasteiger partial charge in [0.05, 0.1) is 24.1 Å². The predicted molar refractivity (Wildman–Crippen MR) is 69.9 cm³/mol. The molecule has 1 unspecified atom stereocenters. The lowest BCUT2D eigenvalue weighted by Crippen LogP contribution is -2.09.